The number of para-hydroxylation sites is 1. The minimum absolute atomic E-state index is 0.125. The van der Waals surface area contributed by atoms with Gasteiger partial charge < -0.3 is 4.57 Å². The number of halogens is 2. The fourth-order valence-corrected chi connectivity index (χ4v) is 3.31. The molecular formula is C24H16F2N4O. The molecule has 0 saturated carbocycles. The Morgan fingerprint density at radius 3 is 2.61 bits per heavy atom. The lowest BCUT2D eigenvalue weighted by atomic mass is 10.1. The summed E-state index contributed by atoms with van der Waals surface area (Å²) in [6.45, 7) is 0.337. The molecule has 5 nitrogen and oxygen atoms in total. The average molecular weight is 414 g/mol. The van der Waals surface area contributed by atoms with Crippen LogP contribution >= 0.6 is 0 Å². The molecule has 0 fully saturated rings. The van der Waals surface area contributed by atoms with Crippen LogP contribution in [0.1, 0.15) is 27.0 Å². The van der Waals surface area contributed by atoms with E-state index in [0.29, 0.717) is 17.7 Å². The normalized spacial score (nSPS) is 11.0. The molecule has 3 aromatic carbocycles. The third-order valence-corrected chi connectivity index (χ3v) is 4.83. The number of amides is 1. The van der Waals surface area contributed by atoms with Gasteiger partial charge in [-0.1, -0.05) is 36.4 Å². The zero-order valence-corrected chi connectivity index (χ0v) is 16.2. The number of carbonyl (C=O) groups is 1. The highest BCUT2D eigenvalue weighted by atomic mass is 19.1. The third kappa shape index (κ3) is 4.19. The minimum Gasteiger partial charge on any atom is -0.342 e. The molecule has 0 radical (unpaired) electrons. The molecule has 1 amide bonds. The molecular weight excluding hydrogens is 398 g/mol. The van der Waals surface area contributed by atoms with Crippen molar-refractivity contribution in [3.8, 4) is 6.07 Å². The molecule has 0 spiro atoms. The van der Waals surface area contributed by atoms with E-state index in [1.54, 1.807) is 18.2 Å². The number of nitrogens with one attached hydrogen (secondary N) is 1. The first-order valence-electron chi connectivity index (χ1n) is 9.41. The molecule has 1 heterocycles. The van der Waals surface area contributed by atoms with Gasteiger partial charge in [0.15, 0.2) is 0 Å². The summed E-state index contributed by atoms with van der Waals surface area (Å²) in [4.78, 5) is 12.2. The monoisotopic (exact) mass is 414 g/mol. The fraction of sp³-hybridized carbons (Fsp3) is 0.0417. The van der Waals surface area contributed by atoms with Crippen molar-refractivity contribution in [3.63, 3.8) is 0 Å². The standard InChI is InChI=1S/C24H16F2N4O/c25-21-7-3-1-5-17(21)14-30-15-18(19-6-2-4-8-23(19)30)13-28-29-24(31)20-10-9-16(12-27)11-22(20)26/h1-11,13,15H,14H2,(H,29,31)/b28-13-. The fourth-order valence-electron chi connectivity index (χ4n) is 3.31. The summed E-state index contributed by atoms with van der Waals surface area (Å²) in [5.74, 6) is -1.81. The van der Waals surface area contributed by atoms with Gasteiger partial charge in [-0.15, -0.1) is 0 Å². The molecule has 0 aliphatic heterocycles. The number of fused-ring (bicyclic) bond motifs is 1. The first kappa shape index (κ1) is 20.0. The van der Waals surface area contributed by atoms with Crippen LogP contribution in [0, 0.1) is 23.0 Å². The molecule has 0 atom stereocenters. The number of rotatable bonds is 5. The minimum atomic E-state index is -0.798. The van der Waals surface area contributed by atoms with Crippen molar-refractivity contribution in [3.05, 3.63) is 107 Å². The molecule has 4 rings (SSSR count). The Labute approximate surface area is 176 Å². The topological polar surface area (TPSA) is 70.2 Å². The molecule has 0 saturated heterocycles. The van der Waals surface area contributed by atoms with Crippen LogP contribution in [0.5, 0.6) is 0 Å². The summed E-state index contributed by atoms with van der Waals surface area (Å²) in [6.07, 6.45) is 3.27. The van der Waals surface area contributed by atoms with Crippen LogP contribution in [0.3, 0.4) is 0 Å². The van der Waals surface area contributed by atoms with E-state index in [0.717, 1.165) is 17.0 Å². The first-order valence-corrected chi connectivity index (χ1v) is 9.41. The number of aromatic nitrogens is 1. The summed E-state index contributed by atoms with van der Waals surface area (Å²) < 4.78 is 30.0. The highest BCUT2D eigenvalue weighted by Gasteiger charge is 2.12. The van der Waals surface area contributed by atoms with Crippen LogP contribution in [0.4, 0.5) is 8.78 Å². The lowest BCUT2D eigenvalue weighted by molar-refractivity contribution is 0.0951. The van der Waals surface area contributed by atoms with E-state index in [4.69, 9.17) is 5.26 Å². The van der Waals surface area contributed by atoms with Crippen molar-refractivity contribution in [1.82, 2.24) is 9.99 Å². The van der Waals surface area contributed by atoms with Crippen molar-refractivity contribution in [1.29, 1.82) is 5.26 Å². The summed E-state index contributed by atoms with van der Waals surface area (Å²) in [5, 5.41) is 13.6. The number of hydrazone groups is 1. The zero-order chi connectivity index (χ0) is 21.8. The largest absolute Gasteiger partial charge is 0.342 e. The molecule has 152 valence electrons. The molecule has 1 aromatic heterocycles. The van der Waals surface area contributed by atoms with E-state index in [-0.39, 0.29) is 16.9 Å². The summed E-state index contributed by atoms with van der Waals surface area (Å²) in [6, 6.07) is 19.5. The van der Waals surface area contributed by atoms with Crippen molar-refractivity contribution in [2.45, 2.75) is 6.54 Å². The van der Waals surface area contributed by atoms with Gasteiger partial charge in [0.05, 0.1) is 30.0 Å². The predicted molar refractivity (Wildman–Crippen MR) is 114 cm³/mol. The van der Waals surface area contributed by atoms with Gasteiger partial charge in [0.2, 0.25) is 0 Å². The summed E-state index contributed by atoms with van der Waals surface area (Å²) >= 11 is 0. The Morgan fingerprint density at radius 1 is 1.06 bits per heavy atom. The van der Waals surface area contributed by atoms with E-state index in [1.165, 1.54) is 24.4 Å². The van der Waals surface area contributed by atoms with Gasteiger partial charge in [-0.3, -0.25) is 4.79 Å². The van der Waals surface area contributed by atoms with Crippen molar-refractivity contribution >= 4 is 23.0 Å². The van der Waals surface area contributed by atoms with Crippen molar-refractivity contribution in [2.24, 2.45) is 5.10 Å². The van der Waals surface area contributed by atoms with Crippen LogP contribution < -0.4 is 5.43 Å². The molecule has 1 N–H and O–H groups in total. The van der Waals surface area contributed by atoms with Crippen molar-refractivity contribution in [2.75, 3.05) is 0 Å². The van der Waals surface area contributed by atoms with Crippen LogP contribution in [0.2, 0.25) is 0 Å². The van der Waals surface area contributed by atoms with E-state index in [2.05, 4.69) is 10.5 Å². The van der Waals surface area contributed by atoms with Gasteiger partial charge in [-0.05, 0) is 30.3 Å². The average Bonchev–Trinajstić information content (AvgIpc) is 3.12. The van der Waals surface area contributed by atoms with E-state index < -0.39 is 11.7 Å². The lowest BCUT2D eigenvalue weighted by Gasteiger charge is -2.06. The van der Waals surface area contributed by atoms with E-state index in [1.807, 2.05) is 41.1 Å². The van der Waals surface area contributed by atoms with Gasteiger partial charge >= 0.3 is 0 Å². The van der Waals surface area contributed by atoms with E-state index >= 15 is 0 Å². The number of benzene rings is 3. The number of nitriles is 1. The second kappa shape index (κ2) is 8.59. The molecule has 4 aromatic rings. The van der Waals surface area contributed by atoms with Gasteiger partial charge in [-0.25, -0.2) is 14.2 Å². The van der Waals surface area contributed by atoms with Gasteiger partial charge in [0, 0.05) is 28.2 Å². The SMILES string of the molecule is N#Cc1ccc(C(=O)N/N=C\c2cn(Cc3ccccc3F)c3ccccc23)c(F)c1. The second-order valence-electron chi connectivity index (χ2n) is 6.83. The summed E-state index contributed by atoms with van der Waals surface area (Å²) in [7, 11) is 0. The first-order chi connectivity index (χ1) is 15.1. The smallest absolute Gasteiger partial charge is 0.274 e. The summed E-state index contributed by atoms with van der Waals surface area (Å²) in [5.41, 5.74) is 4.37. The third-order valence-electron chi connectivity index (χ3n) is 4.83. The lowest BCUT2D eigenvalue weighted by Crippen LogP contribution is -2.19. The Hall–Kier alpha value is -4.31. The van der Waals surface area contributed by atoms with Crippen LogP contribution in [-0.4, -0.2) is 16.7 Å². The predicted octanol–water partition coefficient (Wildman–Crippen LogP) is 4.60. The van der Waals surface area contributed by atoms with Crippen LogP contribution in [0.25, 0.3) is 10.9 Å². The van der Waals surface area contributed by atoms with E-state index in [9.17, 15) is 13.6 Å². The zero-order valence-electron chi connectivity index (χ0n) is 16.2. The maximum atomic E-state index is 14.1. The number of carbonyl (C=O) groups excluding carboxylic acids is 1. The maximum absolute atomic E-state index is 14.1. The molecule has 7 heteroatoms. The van der Waals surface area contributed by atoms with Gasteiger partial charge in [0.1, 0.15) is 11.6 Å². The highest BCUT2D eigenvalue weighted by Crippen LogP contribution is 2.22. The second-order valence-corrected chi connectivity index (χ2v) is 6.83. The Balaban J connectivity index is 1.57. The van der Waals surface area contributed by atoms with Gasteiger partial charge in [-0.2, -0.15) is 10.4 Å². The van der Waals surface area contributed by atoms with Crippen molar-refractivity contribution < 1.29 is 13.6 Å². The Kier molecular flexibility index (Phi) is 5.54. The van der Waals surface area contributed by atoms with Gasteiger partial charge in [0.25, 0.3) is 5.91 Å². The molecule has 31 heavy (non-hydrogen) atoms. The molecule has 0 bridgehead atoms. The number of hydrogen-bond acceptors (Lipinski definition) is 3. The molecule has 0 unspecified atom stereocenters. The Morgan fingerprint density at radius 2 is 1.84 bits per heavy atom. The Bertz CT molecular complexity index is 1350. The molecule has 0 aliphatic rings. The molecule has 0 aliphatic carbocycles. The quantitative estimate of drug-likeness (QED) is 0.383. The number of nitrogens with zero attached hydrogens (tertiary/aromatic N) is 3. The maximum Gasteiger partial charge on any atom is 0.274 e. The van der Waals surface area contributed by atoms with Crippen LogP contribution in [-0.2, 0) is 6.54 Å². The highest BCUT2D eigenvalue weighted by molar-refractivity contribution is 6.00. The van der Waals surface area contributed by atoms with Crippen LogP contribution in [0.15, 0.2) is 78.0 Å². The number of hydrogen-bond donors (Lipinski definition) is 1.